The average molecular weight is 373 g/mol. The molecule has 140 valence electrons. The molecule has 0 saturated carbocycles. The van der Waals surface area contributed by atoms with Gasteiger partial charge in [0.05, 0.1) is 17.2 Å². The third kappa shape index (κ3) is 4.04. The van der Waals surface area contributed by atoms with E-state index in [-0.39, 0.29) is 11.9 Å². The highest BCUT2D eigenvalue weighted by Crippen LogP contribution is 2.29. The average Bonchev–Trinajstić information content (AvgIpc) is 3.29. The molecule has 4 rings (SSSR count). The number of thiophene rings is 1. The minimum absolute atomic E-state index is 0.0663. The van der Waals surface area contributed by atoms with Crippen LogP contribution in [0.2, 0.25) is 0 Å². The number of fused-ring (bicyclic) bond motifs is 1. The number of nitrogens with one attached hydrogen (secondary N) is 1. The first-order valence-corrected chi connectivity index (χ1v) is 10.8. The molecule has 1 aliphatic carbocycles. The summed E-state index contributed by atoms with van der Waals surface area (Å²) in [6.45, 7) is 2.76. The molecule has 1 atom stereocenters. The van der Waals surface area contributed by atoms with E-state index in [1.165, 1.54) is 49.0 Å². The second-order valence-electron chi connectivity index (χ2n) is 7.46. The van der Waals surface area contributed by atoms with E-state index in [0.717, 1.165) is 36.6 Å². The Balaban J connectivity index is 1.43. The topological polar surface area (TPSA) is 45.5 Å². The smallest absolute Gasteiger partial charge is 0.261 e. The van der Waals surface area contributed by atoms with Gasteiger partial charge in [-0.2, -0.15) is 0 Å². The van der Waals surface area contributed by atoms with Crippen molar-refractivity contribution >= 4 is 17.2 Å². The summed E-state index contributed by atoms with van der Waals surface area (Å²) in [7, 11) is 0. The number of likely N-dealkylation sites (tertiary alicyclic amines) is 1. The van der Waals surface area contributed by atoms with Crippen LogP contribution in [0, 0.1) is 0 Å². The number of hydrogen-bond donors (Lipinski definition) is 1. The quantitative estimate of drug-likeness (QED) is 0.782. The molecule has 1 N–H and O–H groups in total. The van der Waals surface area contributed by atoms with Gasteiger partial charge in [-0.15, -0.1) is 11.3 Å². The number of hydrogen-bond acceptors (Lipinski definition) is 4. The lowest BCUT2D eigenvalue weighted by molar-refractivity contribution is 0.0918. The summed E-state index contributed by atoms with van der Waals surface area (Å²) < 4.78 is 5.68. The van der Waals surface area contributed by atoms with Gasteiger partial charge in [-0.1, -0.05) is 12.8 Å². The highest BCUT2D eigenvalue weighted by molar-refractivity contribution is 7.14. The first-order chi connectivity index (χ1) is 12.8. The molecule has 1 saturated heterocycles. The lowest BCUT2D eigenvalue weighted by atomic mass is 10.1. The van der Waals surface area contributed by atoms with Gasteiger partial charge in [0.15, 0.2) is 0 Å². The van der Waals surface area contributed by atoms with Gasteiger partial charge in [0.1, 0.15) is 5.76 Å². The number of aryl methyl sites for hydroxylation is 2. The Morgan fingerprint density at radius 1 is 1.15 bits per heavy atom. The Morgan fingerprint density at radius 3 is 2.77 bits per heavy atom. The molecule has 0 spiro atoms. The minimum atomic E-state index is 0.0663. The van der Waals surface area contributed by atoms with Crippen molar-refractivity contribution in [2.45, 2.75) is 57.4 Å². The maximum atomic E-state index is 12.8. The molecule has 2 aliphatic rings. The zero-order valence-corrected chi connectivity index (χ0v) is 16.2. The van der Waals surface area contributed by atoms with E-state index < -0.39 is 0 Å². The van der Waals surface area contributed by atoms with Crippen molar-refractivity contribution in [2.24, 2.45) is 0 Å². The summed E-state index contributed by atoms with van der Waals surface area (Å²) >= 11 is 1.69. The normalized spacial score (nSPS) is 19.5. The van der Waals surface area contributed by atoms with Crippen molar-refractivity contribution in [3.05, 3.63) is 45.5 Å². The van der Waals surface area contributed by atoms with Gasteiger partial charge in [0, 0.05) is 11.4 Å². The number of piperidine rings is 1. The molecule has 3 heterocycles. The van der Waals surface area contributed by atoms with E-state index in [9.17, 15) is 4.79 Å². The van der Waals surface area contributed by atoms with Gasteiger partial charge in [0.2, 0.25) is 0 Å². The standard InChI is InChI=1S/C21H28N2O2S/c24-21(20-14-16-8-3-1-4-10-19(16)26-20)22-15-17(18-9-7-13-25-18)23-11-5-2-6-12-23/h7,9,13-14,17H,1-6,8,10-12,15H2,(H,22,24). The molecule has 1 amide bonds. The van der Waals surface area contributed by atoms with E-state index in [2.05, 4.69) is 16.3 Å². The van der Waals surface area contributed by atoms with Crippen molar-refractivity contribution in [3.63, 3.8) is 0 Å². The van der Waals surface area contributed by atoms with E-state index in [1.54, 1.807) is 17.6 Å². The second kappa shape index (κ2) is 8.40. The molecular formula is C21H28N2O2S. The molecule has 26 heavy (non-hydrogen) atoms. The third-order valence-electron chi connectivity index (χ3n) is 5.63. The number of nitrogens with zero attached hydrogens (tertiary/aromatic N) is 1. The number of rotatable bonds is 5. The predicted octanol–water partition coefficient (Wildman–Crippen LogP) is 4.57. The van der Waals surface area contributed by atoms with E-state index >= 15 is 0 Å². The van der Waals surface area contributed by atoms with Crippen LogP contribution in [0.4, 0.5) is 0 Å². The van der Waals surface area contributed by atoms with Gasteiger partial charge < -0.3 is 9.73 Å². The SMILES string of the molecule is O=C(NCC(c1ccco1)N1CCCCC1)c1cc2c(s1)CCCCC2. The number of amides is 1. The summed E-state index contributed by atoms with van der Waals surface area (Å²) in [5.41, 5.74) is 1.40. The van der Waals surface area contributed by atoms with Crippen LogP contribution in [0.5, 0.6) is 0 Å². The Hall–Kier alpha value is -1.59. The van der Waals surface area contributed by atoms with Gasteiger partial charge in [-0.25, -0.2) is 0 Å². The lowest BCUT2D eigenvalue weighted by Gasteiger charge is -2.33. The predicted molar refractivity (Wildman–Crippen MR) is 105 cm³/mol. The molecule has 4 nitrogen and oxygen atoms in total. The summed E-state index contributed by atoms with van der Waals surface area (Å²) in [5.74, 6) is 1.02. The second-order valence-corrected chi connectivity index (χ2v) is 8.59. The van der Waals surface area contributed by atoms with Crippen LogP contribution in [-0.2, 0) is 12.8 Å². The zero-order valence-electron chi connectivity index (χ0n) is 15.3. The summed E-state index contributed by atoms with van der Waals surface area (Å²) in [4.78, 5) is 17.5. The Bertz CT molecular complexity index is 693. The van der Waals surface area contributed by atoms with Crippen molar-refractivity contribution < 1.29 is 9.21 Å². The lowest BCUT2D eigenvalue weighted by Crippen LogP contribution is -2.40. The van der Waals surface area contributed by atoms with Crippen LogP contribution in [-0.4, -0.2) is 30.4 Å². The Labute approximate surface area is 159 Å². The Kier molecular flexibility index (Phi) is 5.75. The van der Waals surface area contributed by atoms with Crippen LogP contribution in [0.1, 0.15) is 70.4 Å². The van der Waals surface area contributed by atoms with Crippen LogP contribution >= 0.6 is 11.3 Å². The van der Waals surface area contributed by atoms with Crippen molar-refractivity contribution in [1.29, 1.82) is 0 Å². The highest BCUT2D eigenvalue weighted by Gasteiger charge is 2.25. The highest BCUT2D eigenvalue weighted by atomic mass is 32.1. The van der Waals surface area contributed by atoms with Crippen LogP contribution < -0.4 is 5.32 Å². The maximum absolute atomic E-state index is 12.8. The summed E-state index contributed by atoms with van der Waals surface area (Å²) in [5, 5.41) is 3.18. The molecule has 1 fully saturated rings. The summed E-state index contributed by atoms with van der Waals surface area (Å²) in [6, 6.07) is 6.22. The Morgan fingerprint density at radius 2 is 1.96 bits per heavy atom. The fourth-order valence-electron chi connectivity index (χ4n) is 4.18. The molecule has 1 unspecified atom stereocenters. The zero-order chi connectivity index (χ0) is 17.8. The molecule has 0 radical (unpaired) electrons. The van der Waals surface area contributed by atoms with Gasteiger partial charge in [-0.3, -0.25) is 9.69 Å². The minimum Gasteiger partial charge on any atom is -0.468 e. The van der Waals surface area contributed by atoms with Crippen LogP contribution in [0.25, 0.3) is 0 Å². The van der Waals surface area contributed by atoms with E-state index in [0.29, 0.717) is 6.54 Å². The molecule has 5 heteroatoms. The van der Waals surface area contributed by atoms with Crippen molar-refractivity contribution in [2.75, 3.05) is 19.6 Å². The molecule has 0 aromatic carbocycles. The third-order valence-corrected chi connectivity index (χ3v) is 6.87. The largest absolute Gasteiger partial charge is 0.468 e. The van der Waals surface area contributed by atoms with E-state index in [1.807, 2.05) is 12.1 Å². The van der Waals surface area contributed by atoms with Crippen molar-refractivity contribution in [3.8, 4) is 0 Å². The fourth-order valence-corrected chi connectivity index (χ4v) is 5.35. The molecule has 2 aromatic heterocycles. The van der Waals surface area contributed by atoms with Gasteiger partial charge >= 0.3 is 0 Å². The van der Waals surface area contributed by atoms with Crippen LogP contribution in [0.3, 0.4) is 0 Å². The molecular weight excluding hydrogens is 344 g/mol. The number of carbonyl (C=O) groups is 1. The number of furan rings is 1. The molecule has 2 aromatic rings. The first kappa shape index (κ1) is 17.8. The maximum Gasteiger partial charge on any atom is 0.261 e. The van der Waals surface area contributed by atoms with Gasteiger partial charge in [0.25, 0.3) is 5.91 Å². The van der Waals surface area contributed by atoms with Gasteiger partial charge in [-0.05, 0) is 75.4 Å². The van der Waals surface area contributed by atoms with E-state index in [4.69, 9.17) is 4.42 Å². The first-order valence-electron chi connectivity index (χ1n) is 9.98. The molecule has 1 aliphatic heterocycles. The van der Waals surface area contributed by atoms with Crippen molar-refractivity contribution in [1.82, 2.24) is 10.2 Å². The molecule has 0 bridgehead atoms. The van der Waals surface area contributed by atoms with Crippen LogP contribution in [0.15, 0.2) is 28.9 Å². The monoisotopic (exact) mass is 372 g/mol. The fraction of sp³-hybridized carbons (Fsp3) is 0.571. The summed E-state index contributed by atoms with van der Waals surface area (Å²) in [6.07, 6.45) is 11.6. The number of carbonyl (C=O) groups excluding carboxylic acids is 1.